The lowest BCUT2D eigenvalue weighted by Crippen LogP contribution is -2.16. The van der Waals surface area contributed by atoms with E-state index in [0.717, 1.165) is 0 Å². The van der Waals surface area contributed by atoms with E-state index in [-0.39, 0.29) is 35.2 Å². The first-order valence-electron chi connectivity index (χ1n) is 7.42. The summed E-state index contributed by atoms with van der Waals surface area (Å²) in [5.41, 5.74) is 1.23. The van der Waals surface area contributed by atoms with E-state index in [9.17, 15) is 22.8 Å². The number of rotatable bonds is 7. The molecule has 0 heterocycles. The number of halogens is 3. The second kappa shape index (κ2) is 8.61. The van der Waals surface area contributed by atoms with Crippen molar-refractivity contribution in [3.05, 3.63) is 54.1 Å². The zero-order valence-corrected chi connectivity index (χ0v) is 14.2. The van der Waals surface area contributed by atoms with Crippen LogP contribution in [0.3, 0.4) is 0 Å². The highest BCUT2D eigenvalue weighted by atomic mass is 32.2. The van der Waals surface area contributed by atoms with Crippen molar-refractivity contribution in [1.82, 2.24) is 0 Å². The third kappa shape index (κ3) is 6.32. The molecule has 0 unspecified atom stereocenters. The summed E-state index contributed by atoms with van der Waals surface area (Å²) in [6, 6.07) is 11.6. The van der Waals surface area contributed by atoms with Gasteiger partial charge < -0.3 is 15.8 Å². The van der Waals surface area contributed by atoms with Gasteiger partial charge in [-0.05, 0) is 48.2 Å². The monoisotopic (exact) mass is 384 g/mol. The van der Waals surface area contributed by atoms with Gasteiger partial charge in [0, 0.05) is 10.5 Å². The summed E-state index contributed by atoms with van der Waals surface area (Å²) in [5, 5.41) is 2.62. The number of hydrogen-bond donors (Lipinski definition) is 2. The molecule has 26 heavy (non-hydrogen) atoms. The number of anilines is 1. The predicted molar refractivity (Wildman–Crippen MR) is 92.1 cm³/mol. The van der Waals surface area contributed by atoms with Gasteiger partial charge in [-0.1, -0.05) is 12.1 Å². The van der Waals surface area contributed by atoms with Crippen molar-refractivity contribution in [2.24, 2.45) is 5.73 Å². The number of para-hydroxylation sites is 2. The zero-order valence-electron chi connectivity index (χ0n) is 13.4. The molecule has 2 aromatic carbocycles. The molecule has 2 aromatic rings. The topological polar surface area (TPSA) is 81.4 Å². The largest absolute Gasteiger partial charge is 0.491 e. The number of primary amides is 1. The Morgan fingerprint density at radius 1 is 1.08 bits per heavy atom. The SMILES string of the molecule is NC(=O)CCOc1ccccc1NC(=O)c1ccc(SC(F)(F)F)cc1. The van der Waals surface area contributed by atoms with Crippen molar-refractivity contribution < 1.29 is 27.5 Å². The molecule has 0 fully saturated rings. The van der Waals surface area contributed by atoms with Crippen molar-refractivity contribution in [3.8, 4) is 5.75 Å². The van der Waals surface area contributed by atoms with E-state index >= 15 is 0 Å². The fraction of sp³-hybridized carbons (Fsp3) is 0.176. The van der Waals surface area contributed by atoms with Crippen LogP contribution in [0, 0.1) is 0 Å². The van der Waals surface area contributed by atoms with Gasteiger partial charge in [-0.15, -0.1) is 0 Å². The maximum atomic E-state index is 12.3. The van der Waals surface area contributed by atoms with Crippen LogP contribution in [0.15, 0.2) is 53.4 Å². The number of carbonyl (C=O) groups excluding carboxylic acids is 2. The van der Waals surface area contributed by atoms with Crippen molar-refractivity contribution >= 4 is 29.3 Å². The van der Waals surface area contributed by atoms with Gasteiger partial charge in [0.15, 0.2) is 0 Å². The van der Waals surface area contributed by atoms with Gasteiger partial charge in [-0.3, -0.25) is 9.59 Å². The van der Waals surface area contributed by atoms with E-state index in [0.29, 0.717) is 11.4 Å². The Morgan fingerprint density at radius 2 is 1.73 bits per heavy atom. The molecule has 0 aliphatic heterocycles. The molecule has 2 rings (SSSR count). The Morgan fingerprint density at radius 3 is 2.35 bits per heavy atom. The van der Waals surface area contributed by atoms with Crippen LogP contribution in [0.1, 0.15) is 16.8 Å². The standard InChI is InChI=1S/C17H15F3N2O3S/c18-17(19,20)26-12-7-5-11(6-8-12)16(24)22-13-3-1-2-4-14(13)25-10-9-15(21)23/h1-8H,9-10H2,(H2,21,23)(H,22,24). The number of amides is 2. The summed E-state index contributed by atoms with van der Waals surface area (Å²) in [6.07, 6.45) is 0.0284. The number of ether oxygens (including phenoxy) is 1. The minimum absolute atomic E-state index is 0.00997. The van der Waals surface area contributed by atoms with Crippen molar-refractivity contribution in [3.63, 3.8) is 0 Å². The number of alkyl halides is 3. The van der Waals surface area contributed by atoms with Crippen LogP contribution in [-0.4, -0.2) is 23.9 Å². The maximum Gasteiger partial charge on any atom is 0.446 e. The van der Waals surface area contributed by atoms with Crippen LogP contribution in [0.5, 0.6) is 5.75 Å². The molecule has 0 spiro atoms. The Kier molecular flexibility index (Phi) is 6.51. The van der Waals surface area contributed by atoms with Gasteiger partial charge in [0.2, 0.25) is 5.91 Å². The number of thioether (sulfide) groups is 1. The van der Waals surface area contributed by atoms with Crippen LogP contribution in [-0.2, 0) is 4.79 Å². The van der Waals surface area contributed by atoms with Crippen LogP contribution < -0.4 is 15.8 Å². The summed E-state index contributed by atoms with van der Waals surface area (Å²) in [6.45, 7) is 0.0611. The third-order valence-electron chi connectivity index (χ3n) is 3.09. The highest BCUT2D eigenvalue weighted by Gasteiger charge is 2.29. The summed E-state index contributed by atoms with van der Waals surface area (Å²) in [5.74, 6) is -0.658. The Hall–Kier alpha value is -2.68. The molecule has 0 saturated carbocycles. The lowest BCUT2D eigenvalue weighted by Gasteiger charge is -2.12. The predicted octanol–water partition coefficient (Wildman–Crippen LogP) is 3.81. The molecule has 0 saturated heterocycles. The molecule has 5 nitrogen and oxygen atoms in total. The smallest absolute Gasteiger partial charge is 0.446 e. The molecule has 0 aromatic heterocycles. The summed E-state index contributed by atoms with van der Waals surface area (Å²) in [4.78, 5) is 23.0. The number of benzene rings is 2. The van der Waals surface area contributed by atoms with Crippen molar-refractivity contribution in [2.75, 3.05) is 11.9 Å². The highest BCUT2D eigenvalue weighted by Crippen LogP contribution is 2.36. The second-order valence-corrected chi connectivity index (χ2v) is 6.23. The number of nitrogens with one attached hydrogen (secondary N) is 1. The van der Waals surface area contributed by atoms with E-state index in [1.807, 2.05) is 0 Å². The molecule has 9 heteroatoms. The molecule has 0 bridgehead atoms. The zero-order chi connectivity index (χ0) is 19.2. The Labute approximate surface area is 151 Å². The first-order valence-corrected chi connectivity index (χ1v) is 8.23. The first-order chi connectivity index (χ1) is 12.2. The number of carbonyl (C=O) groups is 2. The summed E-state index contributed by atoms with van der Waals surface area (Å²) >= 11 is -0.250. The van der Waals surface area contributed by atoms with Crippen LogP contribution in [0.4, 0.5) is 18.9 Å². The molecule has 3 N–H and O–H groups in total. The molecule has 138 valence electrons. The maximum absolute atomic E-state index is 12.3. The molecular weight excluding hydrogens is 369 g/mol. The molecule has 2 amide bonds. The lowest BCUT2D eigenvalue weighted by molar-refractivity contribution is -0.118. The molecule has 0 radical (unpaired) electrons. The highest BCUT2D eigenvalue weighted by molar-refractivity contribution is 8.00. The fourth-order valence-corrected chi connectivity index (χ4v) is 2.50. The van der Waals surface area contributed by atoms with Crippen LogP contribution in [0.25, 0.3) is 0 Å². The van der Waals surface area contributed by atoms with Gasteiger partial charge in [-0.2, -0.15) is 13.2 Å². The van der Waals surface area contributed by atoms with E-state index < -0.39 is 17.3 Å². The van der Waals surface area contributed by atoms with Gasteiger partial charge in [0.05, 0.1) is 18.7 Å². The van der Waals surface area contributed by atoms with Gasteiger partial charge in [0.25, 0.3) is 5.91 Å². The van der Waals surface area contributed by atoms with Crippen molar-refractivity contribution in [1.29, 1.82) is 0 Å². The third-order valence-corrected chi connectivity index (χ3v) is 3.83. The average molecular weight is 384 g/mol. The number of hydrogen-bond acceptors (Lipinski definition) is 4. The van der Waals surface area contributed by atoms with Crippen LogP contribution >= 0.6 is 11.8 Å². The van der Waals surface area contributed by atoms with E-state index in [4.69, 9.17) is 10.5 Å². The molecule has 0 atom stereocenters. The van der Waals surface area contributed by atoms with E-state index in [2.05, 4.69) is 5.32 Å². The normalized spacial score (nSPS) is 11.0. The molecule has 0 aliphatic carbocycles. The van der Waals surface area contributed by atoms with E-state index in [1.54, 1.807) is 24.3 Å². The van der Waals surface area contributed by atoms with Crippen molar-refractivity contribution in [2.45, 2.75) is 16.8 Å². The summed E-state index contributed by atoms with van der Waals surface area (Å²) < 4.78 is 42.4. The quantitative estimate of drug-likeness (QED) is 0.712. The van der Waals surface area contributed by atoms with Gasteiger partial charge in [0.1, 0.15) is 5.75 Å². The first kappa shape index (κ1) is 19.6. The minimum atomic E-state index is -4.38. The number of nitrogens with two attached hydrogens (primary N) is 1. The molecule has 0 aliphatic rings. The minimum Gasteiger partial charge on any atom is -0.491 e. The molecular formula is C17H15F3N2O3S. The summed E-state index contributed by atoms with van der Waals surface area (Å²) in [7, 11) is 0. The van der Waals surface area contributed by atoms with Gasteiger partial charge >= 0.3 is 5.51 Å². The van der Waals surface area contributed by atoms with E-state index in [1.165, 1.54) is 24.3 Å². The Bertz CT molecular complexity index is 780. The Balaban J connectivity index is 2.04. The average Bonchev–Trinajstić information content (AvgIpc) is 2.55. The van der Waals surface area contributed by atoms with Crippen LogP contribution in [0.2, 0.25) is 0 Å². The van der Waals surface area contributed by atoms with Gasteiger partial charge in [-0.25, -0.2) is 0 Å². The second-order valence-electron chi connectivity index (χ2n) is 5.09. The lowest BCUT2D eigenvalue weighted by atomic mass is 10.2. The fourth-order valence-electron chi connectivity index (χ4n) is 1.96.